The second kappa shape index (κ2) is 8.77. The van der Waals surface area contributed by atoms with Crippen molar-refractivity contribution in [2.24, 2.45) is 0 Å². The molecule has 112 valence electrons. The topological polar surface area (TPSA) is 69.6 Å². The highest BCUT2D eigenvalue weighted by atomic mass is 16.2. The summed E-state index contributed by atoms with van der Waals surface area (Å²) in [5.74, 6) is 5.27. The molecule has 0 fully saturated rings. The lowest BCUT2D eigenvalue weighted by Gasteiger charge is -2.14. The van der Waals surface area contributed by atoms with E-state index < -0.39 is 0 Å². The van der Waals surface area contributed by atoms with Crippen LogP contribution in [0.15, 0.2) is 24.3 Å². The molecule has 5 heteroatoms. The van der Waals surface area contributed by atoms with E-state index in [4.69, 9.17) is 5.11 Å². The van der Waals surface area contributed by atoms with Gasteiger partial charge in [0.25, 0.3) is 5.91 Å². The van der Waals surface area contributed by atoms with Crippen LogP contribution in [0.1, 0.15) is 29.3 Å². The number of rotatable bonds is 5. The van der Waals surface area contributed by atoms with Gasteiger partial charge in [0, 0.05) is 31.1 Å². The molecule has 0 aliphatic rings. The molecule has 0 unspecified atom stereocenters. The van der Waals surface area contributed by atoms with E-state index in [1.165, 1.54) is 0 Å². The predicted molar refractivity (Wildman–Crippen MR) is 80.7 cm³/mol. The molecule has 0 atom stereocenters. The van der Waals surface area contributed by atoms with Crippen LogP contribution in [0.5, 0.6) is 0 Å². The fourth-order valence-corrected chi connectivity index (χ4v) is 1.49. The molecule has 0 radical (unpaired) electrons. The van der Waals surface area contributed by atoms with Crippen molar-refractivity contribution in [1.82, 2.24) is 10.2 Å². The van der Waals surface area contributed by atoms with E-state index in [0.717, 1.165) is 5.56 Å². The van der Waals surface area contributed by atoms with Gasteiger partial charge in [-0.15, -0.1) is 0 Å². The Kier molecular flexibility index (Phi) is 6.99. The molecule has 0 saturated heterocycles. The number of hydrogen-bond donors (Lipinski definition) is 2. The fourth-order valence-electron chi connectivity index (χ4n) is 1.49. The third kappa shape index (κ3) is 5.67. The summed E-state index contributed by atoms with van der Waals surface area (Å²) in [4.78, 5) is 25.0. The normalized spacial score (nSPS) is 9.48. The van der Waals surface area contributed by atoms with E-state index in [0.29, 0.717) is 18.5 Å². The highest BCUT2D eigenvalue weighted by Crippen LogP contribution is 2.03. The summed E-state index contributed by atoms with van der Waals surface area (Å²) in [5, 5.41) is 11.2. The summed E-state index contributed by atoms with van der Waals surface area (Å²) >= 11 is 0. The zero-order chi connectivity index (χ0) is 15.7. The summed E-state index contributed by atoms with van der Waals surface area (Å²) in [6.45, 7) is 2.50. The molecule has 1 aromatic carbocycles. The van der Waals surface area contributed by atoms with Crippen LogP contribution in [0, 0.1) is 11.8 Å². The Morgan fingerprint density at radius 3 is 2.52 bits per heavy atom. The molecule has 5 nitrogen and oxygen atoms in total. The largest absolute Gasteiger partial charge is 0.395 e. The van der Waals surface area contributed by atoms with Gasteiger partial charge >= 0.3 is 0 Å². The minimum absolute atomic E-state index is 0.0127. The van der Waals surface area contributed by atoms with Gasteiger partial charge in [0.15, 0.2) is 0 Å². The Balaban J connectivity index is 2.56. The number of likely N-dealkylation sites (N-methyl/N-ethyl adjacent to an activating group) is 1. The minimum Gasteiger partial charge on any atom is -0.395 e. The van der Waals surface area contributed by atoms with Crippen LogP contribution in [0.4, 0.5) is 0 Å². The quantitative estimate of drug-likeness (QED) is 0.781. The number of nitrogens with one attached hydrogen (secondary N) is 1. The average molecular weight is 288 g/mol. The number of aliphatic hydroxyl groups is 1. The maximum absolute atomic E-state index is 11.9. The Morgan fingerprint density at radius 2 is 1.95 bits per heavy atom. The van der Waals surface area contributed by atoms with E-state index in [-0.39, 0.29) is 25.0 Å². The highest BCUT2D eigenvalue weighted by molar-refractivity contribution is 5.96. The first kappa shape index (κ1) is 16.7. The van der Waals surface area contributed by atoms with Crippen LogP contribution >= 0.6 is 0 Å². The van der Waals surface area contributed by atoms with Crippen LogP contribution in [-0.4, -0.2) is 48.6 Å². The molecule has 2 N–H and O–H groups in total. The maximum Gasteiger partial charge on any atom is 0.251 e. The van der Waals surface area contributed by atoms with Gasteiger partial charge in [-0.25, -0.2) is 0 Å². The van der Waals surface area contributed by atoms with Gasteiger partial charge in [-0.1, -0.05) is 11.8 Å². The average Bonchev–Trinajstić information content (AvgIpc) is 2.52. The van der Waals surface area contributed by atoms with E-state index in [1.807, 2.05) is 6.92 Å². The number of benzene rings is 1. The van der Waals surface area contributed by atoms with Crippen LogP contribution < -0.4 is 5.32 Å². The van der Waals surface area contributed by atoms with Crippen molar-refractivity contribution in [2.75, 3.05) is 26.7 Å². The van der Waals surface area contributed by atoms with Gasteiger partial charge in [-0.3, -0.25) is 9.59 Å². The van der Waals surface area contributed by atoms with Crippen LogP contribution in [0.25, 0.3) is 0 Å². The van der Waals surface area contributed by atoms with Crippen molar-refractivity contribution in [3.63, 3.8) is 0 Å². The fraction of sp³-hybridized carbons (Fsp3) is 0.375. The molecular formula is C16H20N2O3. The number of nitrogens with zero attached hydrogens (tertiary/aromatic N) is 1. The van der Waals surface area contributed by atoms with Crippen LogP contribution in [-0.2, 0) is 4.79 Å². The van der Waals surface area contributed by atoms with Gasteiger partial charge in [0.1, 0.15) is 0 Å². The number of carbonyl (C=O) groups is 2. The maximum atomic E-state index is 11.9. The molecule has 0 saturated carbocycles. The van der Waals surface area contributed by atoms with Crippen LogP contribution in [0.2, 0.25) is 0 Å². The second-order valence-corrected chi connectivity index (χ2v) is 4.44. The second-order valence-electron chi connectivity index (χ2n) is 4.44. The van der Waals surface area contributed by atoms with Gasteiger partial charge in [0.05, 0.1) is 13.2 Å². The van der Waals surface area contributed by atoms with Crippen molar-refractivity contribution < 1.29 is 14.7 Å². The third-order valence-corrected chi connectivity index (χ3v) is 2.92. The Morgan fingerprint density at radius 1 is 1.29 bits per heavy atom. The smallest absolute Gasteiger partial charge is 0.251 e. The Labute approximate surface area is 125 Å². The van der Waals surface area contributed by atoms with E-state index in [2.05, 4.69) is 17.2 Å². The highest BCUT2D eigenvalue weighted by Gasteiger charge is 2.10. The standard InChI is InChI=1S/C16H20N2O3/c1-3-18(2)15(20)12-17-16(21)14-9-7-13(8-10-14)6-4-5-11-19/h7-10,19H,3,5,11-12H2,1-2H3,(H,17,21). The summed E-state index contributed by atoms with van der Waals surface area (Å²) in [5.41, 5.74) is 1.26. The molecule has 0 bridgehead atoms. The minimum atomic E-state index is -0.289. The predicted octanol–water partition coefficient (Wildman–Crippen LogP) is 0.629. The van der Waals surface area contributed by atoms with E-state index in [1.54, 1.807) is 36.2 Å². The number of aliphatic hydroxyl groups excluding tert-OH is 1. The summed E-state index contributed by atoms with van der Waals surface area (Å²) in [6.07, 6.45) is 0.426. The van der Waals surface area contributed by atoms with E-state index in [9.17, 15) is 9.59 Å². The molecule has 1 aromatic rings. The molecule has 0 aromatic heterocycles. The molecule has 0 heterocycles. The lowest BCUT2D eigenvalue weighted by molar-refractivity contribution is -0.128. The monoisotopic (exact) mass is 288 g/mol. The molecule has 21 heavy (non-hydrogen) atoms. The first-order valence-corrected chi connectivity index (χ1v) is 6.80. The third-order valence-electron chi connectivity index (χ3n) is 2.92. The molecule has 2 amide bonds. The number of amides is 2. The van der Waals surface area contributed by atoms with Crippen molar-refractivity contribution in [2.45, 2.75) is 13.3 Å². The van der Waals surface area contributed by atoms with Crippen LogP contribution in [0.3, 0.4) is 0 Å². The summed E-state index contributed by atoms with van der Waals surface area (Å²) in [6, 6.07) is 6.79. The molecule has 1 rings (SSSR count). The zero-order valence-electron chi connectivity index (χ0n) is 12.3. The Bertz CT molecular complexity index is 541. The first-order valence-electron chi connectivity index (χ1n) is 6.80. The molecule has 0 aliphatic carbocycles. The van der Waals surface area contributed by atoms with Crippen molar-refractivity contribution >= 4 is 11.8 Å². The zero-order valence-corrected chi connectivity index (χ0v) is 12.3. The van der Waals surface area contributed by atoms with Gasteiger partial charge < -0.3 is 15.3 Å². The number of carbonyl (C=O) groups excluding carboxylic acids is 2. The molecular weight excluding hydrogens is 268 g/mol. The van der Waals surface area contributed by atoms with Crippen molar-refractivity contribution in [3.05, 3.63) is 35.4 Å². The van der Waals surface area contributed by atoms with E-state index >= 15 is 0 Å². The first-order chi connectivity index (χ1) is 10.1. The summed E-state index contributed by atoms with van der Waals surface area (Å²) in [7, 11) is 1.69. The number of hydrogen-bond acceptors (Lipinski definition) is 3. The lowest BCUT2D eigenvalue weighted by Crippen LogP contribution is -2.37. The SMILES string of the molecule is CCN(C)C(=O)CNC(=O)c1ccc(C#CCCO)cc1. The molecule has 0 spiro atoms. The van der Waals surface area contributed by atoms with Gasteiger partial charge in [-0.2, -0.15) is 0 Å². The molecule has 0 aliphatic heterocycles. The van der Waals surface area contributed by atoms with Gasteiger partial charge in [-0.05, 0) is 31.2 Å². The summed E-state index contributed by atoms with van der Waals surface area (Å²) < 4.78 is 0. The van der Waals surface area contributed by atoms with Crippen molar-refractivity contribution in [3.8, 4) is 11.8 Å². The van der Waals surface area contributed by atoms with Gasteiger partial charge in [0.2, 0.25) is 5.91 Å². The lowest BCUT2D eigenvalue weighted by atomic mass is 10.1. The van der Waals surface area contributed by atoms with Crippen molar-refractivity contribution in [1.29, 1.82) is 0 Å². The Hall–Kier alpha value is -2.32.